The Labute approximate surface area is 124 Å². The predicted molar refractivity (Wildman–Crippen MR) is 88.5 cm³/mol. The predicted octanol–water partition coefficient (Wildman–Crippen LogP) is 4.49. The molecule has 1 aromatic rings. The van der Waals surface area contributed by atoms with Crippen molar-refractivity contribution in [3.8, 4) is 0 Å². The average molecular weight is 274 g/mol. The summed E-state index contributed by atoms with van der Waals surface area (Å²) >= 11 is 0. The van der Waals surface area contributed by atoms with Crippen LogP contribution in [0.1, 0.15) is 57.9 Å². The number of benzene rings is 1. The maximum atomic E-state index is 3.81. The lowest BCUT2D eigenvalue weighted by molar-refractivity contribution is 0.285. The van der Waals surface area contributed by atoms with E-state index in [9.17, 15) is 0 Å². The van der Waals surface area contributed by atoms with Crippen molar-refractivity contribution in [2.75, 3.05) is 25.0 Å². The van der Waals surface area contributed by atoms with Crippen molar-refractivity contribution in [3.05, 3.63) is 29.8 Å². The number of rotatable bonds is 5. The van der Waals surface area contributed by atoms with Crippen LogP contribution in [0, 0.1) is 0 Å². The van der Waals surface area contributed by atoms with E-state index >= 15 is 0 Å². The number of anilines is 1. The smallest absolute Gasteiger partial charge is 0.0377 e. The van der Waals surface area contributed by atoms with Crippen LogP contribution in [0.2, 0.25) is 0 Å². The second-order valence-electron chi connectivity index (χ2n) is 6.36. The van der Waals surface area contributed by atoms with E-state index in [1.165, 1.54) is 56.6 Å². The molecule has 1 aliphatic heterocycles. The zero-order valence-electron chi connectivity index (χ0n) is 13.4. The normalized spacial score (nSPS) is 20.9. The van der Waals surface area contributed by atoms with Gasteiger partial charge in [0.1, 0.15) is 0 Å². The Bertz CT molecular complexity index is 400. The fraction of sp³-hybridized carbons (Fsp3) is 0.667. The van der Waals surface area contributed by atoms with E-state index in [2.05, 4.69) is 55.3 Å². The molecule has 1 atom stereocenters. The lowest BCUT2D eigenvalue weighted by Crippen LogP contribution is -2.27. The van der Waals surface area contributed by atoms with Gasteiger partial charge in [-0.25, -0.2) is 0 Å². The SMILES string of the molecule is CCCN1CCCC(Nc2ccccc2C(C)C)CC1. The van der Waals surface area contributed by atoms with Crippen LogP contribution < -0.4 is 5.32 Å². The minimum atomic E-state index is 0.584. The summed E-state index contributed by atoms with van der Waals surface area (Å²) in [7, 11) is 0. The van der Waals surface area contributed by atoms with Gasteiger partial charge in [0, 0.05) is 18.3 Å². The zero-order valence-corrected chi connectivity index (χ0v) is 13.4. The van der Waals surface area contributed by atoms with Crippen LogP contribution in [0.4, 0.5) is 5.69 Å². The molecule has 0 aromatic heterocycles. The molecule has 1 saturated heterocycles. The fourth-order valence-electron chi connectivity index (χ4n) is 3.19. The number of nitrogens with zero attached hydrogens (tertiary/aromatic N) is 1. The summed E-state index contributed by atoms with van der Waals surface area (Å²) in [5, 5.41) is 3.81. The Morgan fingerprint density at radius 2 is 2.00 bits per heavy atom. The summed E-state index contributed by atoms with van der Waals surface area (Å²) in [5.74, 6) is 0.584. The molecule has 1 heterocycles. The molecule has 1 aromatic carbocycles. The lowest BCUT2D eigenvalue weighted by atomic mass is 10.00. The number of nitrogens with one attached hydrogen (secondary N) is 1. The van der Waals surface area contributed by atoms with Gasteiger partial charge in [0.15, 0.2) is 0 Å². The minimum Gasteiger partial charge on any atom is -0.382 e. The quantitative estimate of drug-likeness (QED) is 0.851. The van der Waals surface area contributed by atoms with E-state index in [1.54, 1.807) is 0 Å². The van der Waals surface area contributed by atoms with Crippen molar-refractivity contribution in [3.63, 3.8) is 0 Å². The van der Waals surface area contributed by atoms with E-state index in [0.717, 1.165) is 0 Å². The van der Waals surface area contributed by atoms with Crippen molar-refractivity contribution >= 4 is 5.69 Å². The first kappa shape index (κ1) is 15.4. The van der Waals surface area contributed by atoms with Gasteiger partial charge in [-0.3, -0.25) is 0 Å². The molecule has 1 N–H and O–H groups in total. The molecule has 2 nitrogen and oxygen atoms in total. The van der Waals surface area contributed by atoms with Gasteiger partial charge in [0.25, 0.3) is 0 Å². The van der Waals surface area contributed by atoms with Crippen LogP contribution in [0.5, 0.6) is 0 Å². The average Bonchev–Trinajstić information content (AvgIpc) is 2.65. The van der Waals surface area contributed by atoms with Crippen LogP contribution in [-0.4, -0.2) is 30.6 Å². The topological polar surface area (TPSA) is 15.3 Å². The molecule has 0 spiro atoms. The Morgan fingerprint density at radius 1 is 1.20 bits per heavy atom. The molecular formula is C18H30N2. The third-order valence-electron chi connectivity index (χ3n) is 4.30. The van der Waals surface area contributed by atoms with Crippen LogP contribution in [0.25, 0.3) is 0 Å². The van der Waals surface area contributed by atoms with Gasteiger partial charge in [0.2, 0.25) is 0 Å². The summed E-state index contributed by atoms with van der Waals surface area (Å²) in [5.41, 5.74) is 2.79. The third-order valence-corrected chi connectivity index (χ3v) is 4.30. The van der Waals surface area contributed by atoms with Crippen LogP contribution in [0.15, 0.2) is 24.3 Å². The second-order valence-corrected chi connectivity index (χ2v) is 6.36. The van der Waals surface area contributed by atoms with Gasteiger partial charge in [0.05, 0.1) is 0 Å². The van der Waals surface area contributed by atoms with Crippen molar-refractivity contribution < 1.29 is 0 Å². The lowest BCUT2D eigenvalue weighted by Gasteiger charge is -2.22. The first-order valence-electron chi connectivity index (χ1n) is 8.28. The highest BCUT2D eigenvalue weighted by Gasteiger charge is 2.17. The summed E-state index contributed by atoms with van der Waals surface area (Å²) < 4.78 is 0. The number of hydrogen-bond acceptors (Lipinski definition) is 2. The maximum Gasteiger partial charge on any atom is 0.0377 e. The second kappa shape index (κ2) is 7.68. The van der Waals surface area contributed by atoms with Gasteiger partial charge < -0.3 is 10.2 Å². The van der Waals surface area contributed by atoms with E-state index in [4.69, 9.17) is 0 Å². The standard InChI is InChI=1S/C18H30N2/c1-4-12-20-13-7-8-16(11-14-20)19-18-10-6-5-9-17(18)15(2)3/h5-6,9-10,15-16,19H,4,7-8,11-14H2,1-3H3. The first-order chi connectivity index (χ1) is 9.70. The molecule has 0 radical (unpaired) electrons. The Balaban J connectivity index is 1.96. The van der Waals surface area contributed by atoms with E-state index in [1.807, 2.05) is 0 Å². The Morgan fingerprint density at radius 3 is 2.75 bits per heavy atom. The van der Waals surface area contributed by atoms with Crippen LogP contribution in [0.3, 0.4) is 0 Å². The highest BCUT2D eigenvalue weighted by atomic mass is 15.1. The fourth-order valence-corrected chi connectivity index (χ4v) is 3.19. The molecule has 1 aliphatic rings. The number of likely N-dealkylation sites (tertiary alicyclic amines) is 1. The van der Waals surface area contributed by atoms with Crippen molar-refractivity contribution in [1.82, 2.24) is 4.90 Å². The zero-order chi connectivity index (χ0) is 14.4. The van der Waals surface area contributed by atoms with Gasteiger partial charge in [-0.05, 0) is 56.3 Å². The van der Waals surface area contributed by atoms with Gasteiger partial charge in [-0.15, -0.1) is 0 Å². The molecule has 2 rings (SSSR count). The summed E-state index contributed by atoms with van der Waals surface area (Å²) in [6, 6.07) is 9.43. The van der Waals surface area contributed by atoms with Gasteiger partial charge in [-0.2, -0.15) is 0 Å². The van der Waals surface area contributed by atoms with Gasteiger partial charge in [-0.1, -0.05) is 39.0 Å². The van der Waals surface area contributed by atoms with Gasteiger partial charge >= 0.3 is 0 Å². The molecule has 0 bridgehead atoms. The third kappa shape index (κ3) is 4.24. The van der Waals surface area contributed by atoms with Crippen LogP contribution in [-0.2, 0) is 0 Å². The largest absolute Gasteiger partial charge is 0.382 e. The first-order valence-corrected chi connectivity index (χ1v) is 8.28. The van der Waals surface area contributed by atoms with Crippen LogP contribution >= 0.6 is 0 Å². The number of hydrogen-bond donors (Lipinski definition) is 1. The molecule has 1 unspecified atom stereocenters. The van der Waals surface area contributed by atoms with E-state index in [0.29, 0.717) is 12.0 Å². The summed E-state index contributed by atoms with van der Waals surface area (Å²) in [6.07, 6.45) is 5.16. The summed E-state index contributed by atoms with van der Waals surface area (Å²) in [6.45, 7) is 10.6. The highest BCUT2D eigenvalue weighted by Crippen LogP contribution is 2.26. The monoisotopic (exact) mass is 274 g/mol. The van der Waals surface area contributed by atoms with Crippen molar-refractivity contribution in [2.24, 2.45) is 0 Å². The number of para-hydroxylation sites is 1. The highest BCUT2D eigenvalue weighted by molar-refractivity contribution is 5.53. The molecule has 0 aliphatic carbocycles. The Kier molecular flexibility index (Phi) is 5.90. The van der Waals surface area contributed by atoms with Crippen molar-refractivity contribution in [1.29, 1.82) is 0 Å². The molecule has 20 heavy (non-hydrogen) atoms. The van der Waals surface area contributed by atoms with Crippen molar-refractivity contribution in [2.45, 2.75) is 58.4 Å². The molecule has 112 valence electrons. The van der Waals surface area contributed by atoms with E-state index in [-0.39, 0.29) is 0 Å². The molecule has 2 heteroatoms. The molecule has 0 saturated carbocycles. The maximum absolute atomic E-state index is 3.81. The summed E-state index contributed by atoms with van der Waals surface area (Å²) in [4.78, 5) is 2.62. The van der Waals surface area contributed by atoms with E-state index < -0.39 is 0 Å². The minimum absolute atomic E-state index is 0.584. The molecule has 0 amide bonds. The Hall–Kier alpha value is -1.02. The molecule has 1 fully saturated rings. The molecular weight excluding hydrogens is 244 g/mol.